The number of fused-ring (bicyclic) bond motifs is 1. The molecule has 0 bridgehead atoms. The maximum Gasteiger partial charge on any atom is 0.255 e. The predicted molar refractivity (Wildman–Crippen MR) is 78.0 cm³/mol. The first-order valence-corrected chi connectivity index (χ1v) is 7.02. The Morgan fingerprint density at radius 3 is 2.77 bits per heavy atom. The Kier molecular flexibility index (Phi) is 3.17. The van der Waals surface area contributed by atoms with Crippen LogP contribution < -0.4 is 10.6 Å². The van der Waals surface area contributed by atoms with Gasteiger partial charge in [0.05, 0.1) is 0 Å². The number of anilines is 1. The van der Waals surface area contributed by atoms with Crippen molar-refractivity contribution in [2.75, 3.05) is 12.4 Å². The zero-order valence-electron chi connectivity index (χ0n) is 12.3. The molecule has 0 aliphatic carbocycles. The van der Waals surface area contributed by atoms with Gasteiger partial charge in [0.2, 0.25) is 5.91 Å². The van der Waals surface area contributed by atoms with Gasteiger partial charge in [0.15, 0.2) is 12.0 Å². The van der Waals surface area contributed by atoms with Gasteiger partial charge in [-0.25, -0.2) is 0 Å². The number of carbonyl (C=O) groups excluding carboxylic acids is 3. The smallest absolute Gasteiger partial charge is 0.255 e. The lowest BCUT2D eigenvalue weighted by atomic mass is 9.88. The highest BCUT2D eigenvalue weighted by molar-refractivity contribution is 6.07. The zero-order valence-corrected chi connectivity index (χ0v) is 12.3. The average Bonchev–Trinajstić information content (AvgIpc) is 2.83. The highest BCUT2D eigenvalue weighted by Gasteiger charge is 2.51. The van der Waals surface area contributed by atoms with Crippen LogP contribution in [0, 0.1) is 0 Å². The number of hydrogen-bond donors (Lipinski definition) is 3. The molecule has 3 N–H and O–H groups in total. The van der Waals surface area contributed by atoms with Crippen molar-refractivity contribution in [3.63, 3.8) is 0 Å². The molecule has 2 atom stereocenters. The fourth-order valence-electron chi connectivity index (χ4n) is 3.06. The summed E-state index contributed by atoms with van der Waals surface area (Å²) in [5.41, 5.74) is 0.860. The molecule has 1 aromatic rings. The first kappa shape index (κ1) is 14.5. The first-order chi connectivity index (χ1) is 10.4. The maximum absolute atomic E-state index is 12.6. The summed E-state index contributed by atoms with van der Waals surface area (Å²) in [5, 5.41) is 14.7. The van der Waals surface area contributed by atoms with Crippen molar-refractivity contribution in [2.24, 2.45) is 0 Å². The van der Waals surface area contributed by atoms with Gasteiger partial charge in [0.1, 0.15) is 5.54 Å². The summed E-state index contributed by atoms with van der Waals surface area (Å²) in [4.78, 5) is 38.1. The maximum atomic E-state index is 12.6. The Hall–Kier alpha value is -2.41. The predicted octanol–water partition coefficient (Wildman–Crippen LogP) is -0.150. The molecule has 7 heteroatoms. The summed E-state index contributed by atoms with van der Waals surface area (Å²) in [5.74, 6) is -1.31. The van der Waals surface area contributed by atoms with Crippen LogP contribution in [0.3, 0.4) is 0 Å². The van der Waals surface area contributed by atoms with Gasteiger partial charge >= 0.3 is 0 Å². The van der Waals surface area contributed by atoms with E-state index < -0.39 is 23.5 Å². The molecule has 7 nitrogen and oxygen atoms in total. The monoisotopic (exact) mass is 303 g/mol. The number of aliphatic hydroxyl groups excluding tert-OH is 1. The molecule has 1 aromatic carbocycles. The van der Waals surface area contributed by atoms with Crippen molar-refractivity contribution in [2.45, 2.75) is 31.7 Å². The third kappa shape index (κ3) is 1.89. The van der Waals surface area contributed by atoms with Gasteiger partial charge in [-0.1, -0.05) is 6.07 Å². The fourth-order valence-corrected chi connectivity index (χ4v) is 3.06. The molecular weight excluding hydrogens is 286 g/mol. The SMILES string of the molecule is CNc1cccc2c1CN(C1(C)CC(=O)C(O)NC1=O)C2=O. The minimum absolute atomic E-state index is 0.200. The van der Waals surface area contributed by atoms with Gasteiger partial charge in [-0.15, -0.1) is 0 Å². The normalized spacial score (nSPS) is 27.7. The Balaban J connectivity index is 1.99. The quantitative estimate of drug-likeness (QED) is 0.706. The Bertz CT molecular complexity index is 687. The summed E-state index contributed by atoms with van der Waals surface area (Å²) in [6, 6.07) is 5.33. The highest BCUT2D eigenvalue weighted by Crippen LogP contribution is 2.36. The van der Waals surface area contributed by atoms with Crippen molar-refractivity contribution in [3.05, 3.63) is 29.3 Å². The zero-order chi connectivity index (χ0) is 16.1. The van der Waals surface area contributed by atoms with Gasteiger partial charge < -0.3 is 20.6 Å². The van der Waals surface area contributed by atoms with E-state index in [1.54, 1.807) is 26.1 Å². The van der Waals surface area contributed by atoms with Crippen LogP contribution in [0.15, 0.2) is 18.2 Å². The van der Waals surface area contributed by atoms with Crippen LogP contribution in [0.2, 0.25) is 0 Å². The number of benzene rings is 1. The molecule has 1 saturated heterocycles. The molecule has 116 valence electrons. The number of ketones is 1. The number of piperidine rings is 1. The number of aliphatic hydroxyl groups is 1. The molecule has 2 heterocycles. The van der Waals surface area contributed by atoms with Gasteiger partial charge in [0.25, 0.3) is 5.91 Å². The third-order valence-corrected chi connectivity index (χ3v) is 4.41. The Morgan fingerprint density at radius 2 is 2.09 bits per heavy atom. The molecule has 3 rings (SSSR count). The van der Waals surface area contributed by atoms with E-state index in [1.165, 1.54) is 4.90 Å². The summed E-state index contributed by atoms with van der Waals surface area (Å²) >= 11 is 0. The number of hydrogen-bond acceptors (Lipinski definition) is 5. The second kappa shape index (κ2) is 4.81. The molecule has 1 fully saturated rings. The van der Waals surface area contributed by atoms with Crippen LogP contribution in [0.5, 0.6) is 0 Å². The van der Waals surface area contributed by atoms with Gasteiger partial charge in [-0.05, 0) is 19.1 Å². The molecule has 0 radical (unpaired) electrons. The third-order valence-electron chi connectivity index (χ3n) is 4.41. The van der Waals surface area contributed by atoms with Crippen molar-refractivity contribution in [1.29, 1.82) is 0 Å². The number of amides is 2. The topological polar surface area (TPSA) is 98.7 Å². The second-order valence-corrected chi connectivity index (χ2v) is 5.77. The van der Waals surface area contributed by atoms with E-state index >= 15 is 0 Å². The molecule has 22 heavy (non-hydrogen) atoms. The molecule has 0 aromatic heterocycles. The van der Waals surface area contributed by atoms with Gasteiger partial charge in [0, 0.05) is 36.8 Å². The van der Waals surface area contributed by atoms with Crippen LogP contribution in [-0.2, 0) is 16.1 Å². The summed E-state index contributed by atoms with van der Waals surface area (Å²) in [6.07, 6.45) is -1.69. The molecule has 2 aliphatic heterocycles. The van der Waals surface area contributed by atoms with Crippen LogP contribution >= 0.6 is 0 Å². The summed E-state index contributed by atoms with van der Waals surface area (Å²) < 4.78 is 0. The van der Waals surface area contributed by atoms with Gasteiger partial charge in [-0.2, -0.15) is 0 Å². The summed E-state index contributed by atoms with van der Waals surface area (Å²) in [7, 11) is 1.76. The summed E-state index contributed by atoms with van der Waals surface area (Å²) in [6.45, 7) is 1.80. The van der Waals surface area contributed by atoms with E-state index in [-0.39, 0.29) is 18.9 Å². The average molecular weight is 303 g/mol. The van der Waals surface area contributed by atoms with E-state index in [9.17, 15) is 19.5 Å². The lowest BCUT2D eigenvalue weighted by Gasteiger charge is -2.40. The molecule has 2 amide bonds. The van der Waals surface area contributed by atoms with E-state index in [0.717, 1.165) is 11.3 Å². The van der Waals surface area contributed by atoms with Crippen LogP contribution in [0.1, 0.15) is 29.3 Å². The van der Waals surface area contributed by atoms with E-state index in [2.05, 4.69) is 10.6 Å². The Morgan fingerprint density at radius 1 is 1.36 bits per heavy atom. The van der Waals surface area contributed by atoms with Crippen molar-refractivity contribution in [1.82, 2.24) is 10.2 Å². The van der Waals surface area contributed by atoms with Crippen molar-refractivity contribution >= 4 is 23.3 Å². The van der Waals surface area contributed by atoms with Crippen molar-refractivity contribution < 1.29 is 19.5 Å². The highest BCUT2D eigenvalue weighted by atomic mass is 16.3. The van der Waals surface area contributed by atoms with E-state index in [4.69, 9.17) is 0 Å². The molecule has 0 spiro atoms. The van der Waals surface area contributed by atoms with E-state index in [1.807, 2.05) is 6.07 Å². The fraction of sp³-hybridized carbons (Fsp3) is 0.400. The molecule has 0 saturated carbocycles. The first-order valence-electron chi connectivity index (χ1n) is 7.02. The number of rotatable bonds is 2. The molecular formula is C15H17N3O4. The standard InChI is InChI=1S/C15H17N3O4/c1-15(6-11(19)12(20)17-14(15)22)18-7-9-8(13(18)21)4-3-5-10(9)16-2/h3-5,12,16,20H,6-7H2,1-2H3,(H,17,22). The lowest BCUT2D eigenvalue weighted by Crippen LogP contribution is -2.65. The second-order valence-electron chi connectivity index (χ2n) is 5.77. The number of carbonyl (C=O) groups is 3. The number of Topliss-reactive ketones (excluding diaryl/α,β-unsaturated/α-hetero) is 1. The number of nitrogens with zero attached hydrogens (tertiary/aromatic N) is 1. The van der Waals surface area contributed by atoms with Gasteiger partial charge in [-0.3, -0.25) is 14.4 Å². The van der Waals surface area contributed by atoms with Crippen LogP contribution in [-0.4, -0.2) is 46.4 Å². The minimum Gasteiger partial charge on any atom is -0.388 e. The largest absolute Gasteiger partial charge is 0.388 e. The minimum atomic E-state index is -1.49. The molecule has 2 aliphatic rings. The molecule has 2 unspecified atom stereocenters. The van der Waals surface area contributed by atoms with Crippen molar-refractivity contribution in [3.8, 4) is 0 Å². The number of nitrogens with one attached hydrogen (secondary N) is 2. The van der Waals surface area contributed by atoms with Crippen LogP contribution in [0.25, 0.3) is 0 Å². The van der Waals surface area contributed by atoms with Crippen LogP contribution in [0.4, 0.5) is 5.69 Å². The Labute approximate surface area is 127 Å². The lowest BCUT2D eigenvalue weighted by molar-refractivity contribution is -0.150. The van der Waals surface area contributed by atoms with E-state index in [0.29, 0.717) is 5.56 Å².